The molecule has 1 heterocycles. The van der Waals surface area contributed by atoms with E-state index in [1.165, 1.54) is 5.56 Å². The minimum atomic E-state index is -1.24. The minimum absolute atomic E-state index is 0.108. The lowest BCUT2D eigenvalue weighted by molar-refractivity contribution is -0.142. The molecule has 1 saturated carbocycles. The summed E-state index contributed by atoms with van der Waals surface area (Å²) < 4.78 is 0. The van der Waals surface area contributed by atoms with Crippen molar-refractivity contribution in [2.24, 2.45) is 11.3 Å². The number of aliphatic hydroxyl groups is 1. The van der Waals surface area contributed by atoms with Crippen LogP contribution in [-0.4, -0.2) is 46.1 Å². The molecule has 1 aliphatic heterocycles. The second-order valence-electron chi connectivity index (χ2n) is 10.5. The number of phenolic OH excluding ortho intramolecular Hbond substituents is 1. The third kappa shape index (κ3) is 5.27. The maximum atomic E-state index is 13.6. The van der Waals surface area contributed by atoms with Crippen LogP contribution in [0.15, 0.2) is 54.6 Å². The van der Waals surface area contributed by atoms with Crippen LogP contribution in [0.2, 0.25) is 0 Å². The fraction of sp³-hybridized carbons (Fsp3) is 0.500. The topological polar surface area (TPSA) is 89.9 Å². The summed E-state index contributed by atoms with van der Waals surface area (Å²) in [6.45, 7) is 5.72. The zero-order chi connectivity index (χ0) is 24.3. The summed E-state index contributed by atoms with van der Waals surface area (Å²) in [5.41, 5.74) is 1.63. The smallest absolute Gasteiger partial charge is 0.253 e. The highest BCUT2D eigenvalue weighted by Gasteiger charge is 2.42. The Hall–Kier alpha value is -2.86. The van der Waals surface area contributed by atoms with E-state index in [1.54, 1.807) is 36.4 Å². The number of benzene rings is 2. The molecule has 2 aromatic carbocycles. The Kier molecular flexibility index (Phi) is 7.27. The standard InChI is InChI=1S/C28H36N2O4/c1-28(2)18-30(17-16-23(28)19-12-14-21(31)15-13-19)27(34)22-10-6-7-11-24(22)29-26(33)25(32)20-8-4-3-5-9-20/h3-5,8-9,12-15,22-25,31-32H,6-7,10-11,16-18H2,1-2H3,(H,29,33). The molecule has 3 N–H and O–H groups in total. The summed E-state index contributed by atoms with van der Waals surface area (Å²) in [4.78, 5) is 28.4. The van der Waals surface area contributed by atoms with E-state index in [4.69, 9.17) is 0 Å². The molecular formula is C28H36N2O4. The molecule has 4 atom stereocenters. The largest absolute Gasteiger partial charge is 0.508 e. The van der Waals surface area contributed by atoms with Crippen molar-refractivity contribution >= 4 is 11.8 Å². The fourth-order valence-corrected chi connectivity index (χ4v) is 5.75. The molecule has 2 fully saturated rings. The number of carbonyl (C=O) groups excluding carboxylic acids is 2. The van der Waals surface area contributed by atoms with E-state index in [-0.39, 0.29) is 29.0 Å². The Bertz CT molecular complexity index is 989. The molecule has 0 spiro atoms. The van der Waals surface area contributed by atoms with E-state index in [9.17, 15) is 19.8 Å². The molecule has 0 aromatic heterocycles. The third-order valence-corrected chi connectivity index (χ3v) is 7.61. The van der Waals surface area contributed by atoms with Crippen molar-refractivity contribution < 1.29 is 19.8 Å². The summed E-state index contributed by atoms with van der Waals surface area (Å²) in [7, 11) is 0. The first-order valence-electron chi connectivity index (χ1n) is 12.4. The maximum absolute atomic E-state index is 13.6. The van der Waals surface area contributed by atoms with Crippen LogP contribution in [0.25, 0.3) is 0 Å². The molecule has 0 radical (unpaired) electrons. The number of hydrogen-bond acceptors (Lipinski definition) is 4. The SMILES string of the molecule is CC1(C)CN(C(=O)C2CCCCC2NC(=O)C(O)c2ccccc2)CCC1c1ccc(O)cc1. The molecule has 2 aromatic rings. The molecule has 0 bridgehead atoms. The van der Waals surface area contributed by atoms with Gasteiger partial charge in [-0.1, -0.05) is 69.2 Å². The van der Waals surface area contributed by atoms with Gasteiger partial charge in [0.2, 0.25) is 5.91 Å². The normalized spacial score (nSPS) is 25.4. The Morgan fingerprint density at radius 3 is 2.35 bits per heavy atom. The number of phenols is 1. The lowest BCUT2D eigenvalue weighted by atomic mass is 9.70. The first-order valence-corrected chi connectivity index (χ1v) is 12.4. The predicted molar refractivity (Wildman–Crippen MR) is 131 cm³/mol. The number of likely N-dealkylation sites (tertiary alicyclic amines) is 1. The average molecular weight is 465 g/mol. The van der Waals surface area contributed by atoms with E-state index in [1.807, 2.05) is 23.1 Å². The number of nitrogens with zero attached hydrogens (tertiary/aromatic N) is 1. The molecule has 1 aliphatic carbocycles. The van der Waals surface area contributed by atoms with E-state index in [0.29, 0.717) is 24.6 Å². The van der Waals surface area contributed by atoms with Crippen molar-refractivity contribution in [3.05, 3.63) is 65.7 Å². The summed E-state index contributed by atoms with van der Waals surface area (Å²) in [5.74, 6) is -0.0302. The Labute approximate surface area is 202 Å². The van der Waals surface area contributed by atoms with Crippen molar-refractivity contribution in [1.29, 1.82) is 0 Å². The highest BCUT2D eigenvalue weighted by atomic mass is 16.3. The molecule has 2 aliphatic rings. The van der Waals surface area contributed by atoms with Gasteiger partial charge in [0.25, 0.3) is 5.91 Å². The highest BCUT2D eigenvalue weighted by molar-refractivity contribution is 5.84. The van der Waals surface area contributed by atoms with Crippen LogP contribution in [0, 0.1) is 11.3 Å². The van der Waals surface area contributed by atoms with Crippen LogP contribution in [-0.2, 0) is 9.59 Å². The Balaban J connectivity index is 1.42. The average Bonchev–Trinajstić information content (AvgIpc) is 2.84. The van der Waals surface area contributed by atoms with Gasteiger partial charge < -0.3 is 20.4 Å². The first-order chi connectivity index (χ1) is 16.3. The number of hydrogen-bond donors (Lipinski definition) is 3. The van der Waals surface area contributed by atoms with Crippen LogP contribution in [0.3, 0.4) is 0 Å². The first kappa shape index (κ1) is 24.3. The third-order valence-electron chi connectivity index (χ3n) is 7.61. The van der Waals surface area contributed by atoms with Crippen molar-refractivity contribution in [2.45, 2.75) is 64.0 Å². The molecule has 2 amide bonds. The van der Waals surface area contributed by atoms with Crippen LogP contribution >= 0.6 is 0 Å². The summed E-state index contributed by atoms with van der Waals surface area (Å²) >= 11 is 0. The van der Waals surface area contributed by atoms with Crippen molar-refractivity contribution in [1.82, 2.24) is 10.2 Å². The van der Waals surface area contributed by atoms with Gasteiger partial charge in [0.05, 0.1) is 5.92 Å². The van der Waals surface area contributed by atoms with Crippen LogP contribution < -0.4 is 5.32 Å². The second kappa shape index (κ2) is 10.2. The van der Waals surface area contributed by atoms with Gasteiger partial charge in [-0.2, -0.15) is 0 Å². The monoisotopic (exact) mass is 464 g/mol. The van der Waals surface area contributed by atoms with Crippen LogP contribution in [0.4, 0.5) is 0 Å². The number of amides is 2. The Morgan fingerprint density at radius 1 is 1.00 bits per heavy atom. The predicted octanol–water partition coefficient (Wildman–Crippen LogP) is 4.14. The van der Waals surface area contributed by atoms with E-state index >= 15 is 0 Å². The summed E-state index contributed by atoms with van der Waals surface area (Å²) in [6.07, 6.45) is 3.06. The second-order valence-corrected chi connectivity index (χ2v) is 10.5. The molecular weight excluding hydrogens is 428 g/mol. The van der Waals surface area contributed by atoms with Crippen LogP contribution in [0.1, 0.15) is 69.1 Å². The van der Waals surface area contributed by atoms with Gasteiger partial charge in [-0.25, -0.2) is 0 Å². The van der Waals surface area contributed by atoms with Crippen molar-refractivity contribution in [3.63, 3.8) is 0 Å². The quantitative estimate of drug-likeness (QED) is 0.620. The van der Waals surface area contributed by atoms with Gasteiger partial charge in [0, 0.05) is 19.1 Å². The van der Waals surface area contributed by atoms with Gasteiger partial charge in [0.1, 0.15) is 5.75 Å². The zero-order valence-corrected chi connectivity index (χ0v) is 20.1. The number of nitrogens with one attached hydrogen (secondary N) is 1. The summed E-state index contributed by atoms with van der Waals surface area (Å²) in [5, 5.41) is 23.1. The number of carbonyl (C=O) groups is 2. The van der Waals surface area contributed by atoms with Gasteiger partial charge in [-0.05, 0) is 53.9 Å². The molecule has 34 heavy (non-hydrogen) atoms. The number of piperidine rings is 1. The summed E-state index contributed by atoms with van der Waals surface area (Å²) in [6, 6.07) is 16.0. The fourth-order valence-electron chi connectivity index (χ4n) is 5.75. The molecule has 4 rings (SSSR count). The molecule has 1 saturated heterocycles. The lowest BCUT2D eigenvalue weighted by Gasteiger charge is -2.46. The highest BCUT2D eigenvalue weighted by Crippen LogP contribution is 2.43. The van der Waals surface area contributed by atoms with Gasteiger partial charge >= 0.3 is 0 Å². The van der Waals surface area contributed by atoms with Gasteiger partial charge in [0.15, 0.2) is 6.10 Å². The van der Waals surface area contributed by atoms with Crippen LogP contribution in [0.5, 0.6) is 5.75 Å². The molecule has 6 heteroatoms. The number of rotatable bonds is 5. The van der Waals surface area contributed by atoms with Gasteiger partial charge in [-0.15, -0.1) is 0 Å². The molecule has 182 valence electrons. The molecule has 4 unspecified atom stereocenters. The zero-order valence-electron chi connectivity index (χ0n) is 20.1. The lowest BCUT2D eigenvalue weighted by Crippen LogP contribution is -2.54. The minimum Gasteiger partial charge on any atom is -0.508 e. The van der Waals surface area contributed by atoms with Crippen molar-refractivity contribution in [2.75, 3.05) is 13.1 Å². The molecule has 6 nitrogen and oxygen atoms in total. The van der Waals surface area contributed by atoms with Crippen molar-refractivity contribution in [3.8, 4) is 5.75 Å². The Morgan fingerprint density at radius 2 is 1.68 bits per heavy atom. The number of aromatic hydroxyl groups is 1. The maximum Gasteiger partial charge on any atom is 0.253 e. The van der Waals surface area contributed by atoms with E-state index < -0.39 is 12.0 Å². The van der Waals surface area contributed by atoms with E-state index in [2.05, 4.69) is 19.2 Å². The van der Waals surface area contributed by atoms with Gasteiger partial charge in [-0.3, -0.25) is 9.59 Å². The number of aliphatic hydroxyl groups excluding tert-OH is 1. The van der Waals surface area contributed by atoms with E-state index in [0.717, 1.165) is 32.1 Å².